The molecule has 0 bridgehead atoms. The number of hydrogen-bond donors (Lipinski definition) is 0. The Morgan fingerprint density at radius 1 is 0.688 bits per heavy atom. The molecule has 0 N–H and O–H groups in total. The lowest BCUT2D eigenvalue weighted by Gasteiger charge is -2.06. The lowest BCUT2D eigenvalue weighted by molar-refractivity contribution is 1.14. The van der Waals surface area contributed by atoms with Gasteiger partial charge in [0.05, 0.1) is 0 Å². The first kappa shape index (κ1) is 8.58. The van der Waals surface area contributed by atoms with E-state index in [1.807, 2.05) is 0 Å². The third-order valence-electron chi connectivity index (χ3n) is 4.25. The van der Waals surface area contributed by atoms with Gasteiger partial charge in [0.15, 0.2) is 0 Å². The predicted molar refractivity (Wildman–Crippen MR) is 67.0 cm³/mol. The van der Waals surface area contributed by atoms with Crippen molar-refractivity contribution in [3.63, 3.8) is 0 Å². The Balaban J connectivity index is 2.19. The molecule has 2 aromatic rings. The van der Waals surface area contributed by atoms with Gasteiger partial charge in [-0.15, -0.1) is 0 Å². The van der Waals surface area contributed by atoms with E-state index in [0.29, 0.717) is 0 Å². The van der Waals surface area contributed by atoms with Crippen molar-refractivity contribution in [3.8, 4) is 11.1 Å². The quantitative estimate of drug-likeness (QED) is 0.411. The molecule has 0 spiro atoms. The number of rotatable bonds is 0. The summed E-state index contributed by atoms with van der Waals surface area (Å²) >= 11 is 0. The monoisotopic (exact) mass is 206 g/mol. The number of benzene rings is 2. The van der Waals surface area contributed by atoms with E-state index in [4.69, 9.17) is 0 Å². The Morgan fingerprint density at radius 3 is 1.56 bits per heavy atom. The van der Waals surface area contributed by atoms with Gasteiger partial charge in [-0.2, -0.15) is 0 Å². The van der Waals surface area contributed by atoms with Gasteiger partial charge in [0.2, 0.25) is 0 Å². The van der Waals surface area contributed by atoms with Crippen molar-refractivity contribution in [2.45, 2.75) is 26.7 Å². The first-order chi connectivity index (χ1) is 7.75. The Bertz CT molecular complexity index is 575. The fourth-order valence-corrected chi connectivity index (χ4v) is 3.36. The average molecular weight is 206 g/mol. The topological polar surface area (TPSA) is 0 Å². The van der Waals surface area contributed by atoms with Crippen LogP contribution in [0.2, 0.25) is 0 Å². The van der Waals surface area contributed by atoms with E-state index in [-0.39, 0.29) is 0 Å². The molecule has 16 heavy (non-hydrogen) atoms. The van der Waals surface area contributed by atoms with Crippen LogP contribution in [0.5, 0.6) is 0 Å². The second-order valence-electron chi connectivity index (χ2n) is 5.14. The summed E-state index contributed by atoms with van der Waals surface area (Å²) < 4.78 is 0. The summed E-state index contributed by atoms with van der Waals surface area (Å²) in [6.45, 7) is 4.48. The Labute approximate surface area is 95.9 Å². The van der Waals surface area contributed by atoms with E-state index in [1.165, 1.54) is 11.1 Å². The molecule has 0 aliphatic heterocycles. The second-order valence-corrected chi connectivity index (χ2v) is 5.14. The van der Waals surface area contributed by atoms with Gasteiger partial charge in [0, 0.05) is 0 Å². The minimum Gasteiger partial charge on any atom is -0.0587 e. The molecule has 0 amide bonds. The molecule has 0 aromatic heterocycles. The highest BCUT2D eigenvalue weighted by atomic mass is 14.3. The van der Waals surface area contributed by atoms with Gasteiger partial charge in [0.1, 0.15) is 0 Å². The minimum atomic E-state index is 1.15. The zero-order chi connectivity index (χ0) is 10.9. The third kappa shape index (κ3) is 0.824. The molecule has 4 rings (SSSR count). The summed E-state index contributed by atoms with van der Waals surface area (Å²) in [5.41, 5.74) is 12.3. The Morgan fingerprint density at radius 2 is 1.12 bits per heavy atom. The van der Waals surface area contributed by atoms with E-state index in [9.17, 15) is 0 Å². The maximum Gasteiger partial charge on any atom is -0.00106 e. The van der Waals surface area contributed by atoms with Gasteiger partial charge in [-0.3, -0.25) is 0 Å². The van der Waals surface area contributed by atoms with Crippen LogP contribution in [0.4, 0.5) is 0 Å². The molecule has 0 saturated heterocycles. The van der Waals surface area contributed by atoms with E-state index in [1.54, 1.807) is 33.4 Å². The summed E-state index contributed by atoms with van der Waals surface area (Å²) in [6.07, 6.45) is 2.30. The summed E-state index contributed by atoms with van der Waals surface area (Å²) in [5, 5.41) is 0. The van der Waals surface area contributed by atoms with Crippen LogP contribution in [0.3, 0.4) is 0 Å². The lowest BCUT2D eigenvalue weighted by atomic mass is 9.98. The zero-order valence-electron chi connectivity index (χ0n) is 9.72. The van der Waals surface area contributed by atoms with Gasteiger partial charge in [-0.05, 0) is 71.2 Å². The normalized spacial score (nSPS) is 14.4. The maximum atomic E-state index is 2.32. The molecule has 0 heteroatoms. The van der Waals surface area contributed by atoms with Gasteiger partial charge in [-0.1, -0.05) is 24.3 Å². The van der Waals surface area contributed by atoms with E-state index in [0.717, 1.165) is 12.8 Å². The van der Waals surface area contributed by atoms with Crippen molar-refractivity contribution in [2.24, 2.45) is 0 Å². The standard InChI is InChI=1S/C16H14/c1-9-3-5-11-8-14-10(2)4-6-12-7-13(9)15(11)16(12)14/h3-6H,7-8H2,1-2H3. The highest BCUT2D eigenvalue weighted by Gasteiger charge is 2.30. The first-order valence-electron chi connectivity index (χ1n) is 5.99. The minimum absolute atomic E-state index is 1.15. The van der Waals surface area contributed by atoms with Crippen LogP contribution in [-0.4, -0.2) is 0 Å². The first-order valence-corrected chi connectivity index (χ1v) is 5.99. The largest absolute Gasteiger partial charge is 0.0587 e. The van der Waals surface area contributed by atoms with Crippen LogP contribution in [0.15, 0.2) is 24.3 Å². The van der Waals surface area contributed by atoms with E-state index < -0.39 is 0 Å². The van der Waals surface area contributed by atoms with Crippen molar-refractivity contribution in [2.75, 3.05) is 0 Å². The maximum absolute atomic E-state index is 2.32. The number of hydrogen-bond acceptors (Lipinski definition) is 0. The van der Waals surface area contributed by atoms with E-state index >= 15 is 0 Å². The van der Waals surface area contributed by atoms with Crippen LogP contribution in [0.25, 0.3) is 11.1 Å². The molecule has 0 unspecified atom stereocenters. The summed E-state index contributed by atoms with van der Waals surface area (Å²) in [6, 6.07) is 9.22. The average Bonchev–Trinajstić information content (AvgIpc) is 2.83. The van der Waals surface area contributed by atoms with Gasteiger partial charge < -0.3 is 0 Å². The highest BCUT2D eigenvalue weighted by Crippen LogP contribution is 2.48. The molecule has 0 saturated carbocycles. The SMILES string of the molecule is Cc1ccc2c3c1Cc1ccc(C)c(c1-3)C2. The van der Waals surface area contributed by atoms with Crippen molar-refractivity contribution in [1.29, 1.82) is 0 Å². The third-order valence-corrected chi connectivity index (χ3v) is 4.25. The molecule has 2 aromatic carbocycles. The molecule has 0 fully saturated rings. The molecule has 0 radical (unpaired) electrons. The van der Waals surface area contributed by atoms with Gasteiger partial charge >= 0.3 is 0 Å². The van der Waals surface area contributed by atoms with Crippen molar-refractivity contribution in [3.05, 3.63) is 57.6 Å². The van der Waals surface area contributed by atoms with Gasteiger partial charge in [0.25, 0.3) is 0 Å². The highest BCUT2D eigenvalue weighted by molar-refractivity contribution is 5.88. The van der Waals surface area contributed by atoms with Crippen molar-refractivity contribution in [1.82, 2.24) is 0 Å². The predicted octanol–water partition coefficient (Wildman–Crippen LogP) is 3.78. The van der Waals surface area contributed by atoms with Crippen molar-refractivity contribution < 1.29 is 0 Å². The molecule has 0 atom stereocenters. The lowest BCUT2D eigenvalue weighted by Crippen LogP contribution is -1.93. The molecule has 0 nitrogen and oxygen atoms in total. The van der Waals surface area contributed by atoms with Crippen LogP contribution in [0.1, 0.15) is 33.4 Å². The molecule has 2 aliphatic carbocycles. The Kier molecular flexibility index (Phi) is 1.38. The fourth-order valence-electron chi connectivity index (χ4n) is 3.36. The summed E-state index contributed by atoms with van der Waals surface area (Å²) in [5.74, 6) is 0. The number of aryl methyl sites for hydroxylation is 2. The second kappa shape index (κ2) is 2.57. The van der Waals surface area contributed by atoms with Crippen LogP contribution in [0, 0.1) is 13.8 Å². The van der Waals surface area contributed by atoms with Crippen LogP contribution in [-0.2, 0) is 12.8 Å². The smallest absolute Gasteiger partial charge is 0.00106 e. The Hall–Kier alpha value is -1.56. The van der Waals surface area contributed by atoms with Crippen LogP contribution < -0.4 is 0 Å². The van der Waals surface area contributed by atoms with Crippen molar-refractivity contribution >= 4 is 0 Å². The molecular weight excluding hydrogens is 192 g/mol. The molecule has 2 aliphatic rings. The van der Waals surface area contributed by atoms with E-state index in [2.05, 4.69) is 38.1 Å². The van der Waals surface area contributed by atoms with Gasteiger partial charge in [-0.25, -0.2) is 0 Å². The molecular formula is C16H14. The summed E-state index contributed by atoms with van der Waals surface area (Å²) in [7, 11) is 0. The summed E-state index contributed by atoms with van der Waals surface area (Å²) in [4.78, 5) is 0. The molecule has 78 valence electrons. The fraction of sp³-hybridized carbons (Fsp3) is 0.250. The zero-order valence-corrected chi connectivity index (χ0v) is 9.72. The van der Waals surface area contributed by atoms with Crippen LogP contribution >= 0.6 is 0 Å². The molecule has 0 heterocycles.